The van der Waals surface area contributed by atoms with Crippen molar-refractivity contribution in [3.8, 4) is 0 Å². The molecule has 0 aromatic heterocycles. The molecule has 43 heavy (non-hydrogen) atoms. The molecule has 0 radical (unpaired) electrons. The second-order valence-corrected chi connectivity index (χ2v) is 11.9. The van der Waals surface area contributed by atoms with Gasteiger partial charge in [0.05, 0.1) is 6.42 Å². The van der Waals surface area contributed by atoms with Gasteiger partial charge >= 0.3 is 18.0 Å². The fourth-order valence-corrected chi connectivity index (χ4v) is 3.77. The van der Waals surface area contributed by atoms with Gasteiger partial charge in [0.1, 0.15) is 29.9 Å². The minimum atomic E-state index is -1.43. The van der Waals surface area contributed by atoms with Crippen LogP contribution in [0.3, 0.4) is 0 Å². The molecule has 2 rings (SSSR count). The number of carbonyl (C=O) groups is 5. The molecule has 0 aliphatic rings. The van der Waals surface area contributed by atoms with Gasteiger partial charge in [-0.15, -0.1) is 0 Å². The van der Waals surface area contributed by atoms with Gasteiger partial charge in [0.15, 0.2) is 0 Å². The average molecular weight is 598 g/mol. The standard InChI is InChI=1S/C32H43N3O8/c1-31(2,3)42-26(36)18-17-24(28(38)33-20-22-13-9-7-10-14-22)34-29(39)25(19-27(37)43-32(4,5)6)35-30(40)41-21-23-15-11-8-12-16-23/h7-16,24-25H,17-21H2,1-6H3,(H,33,38)(H,34,39)(H,35,40)/t24-,25-/m0/s1. The van der Waals surface area contributed by atoms with Crippen LogP contribution in [0.15, 0.2) is 60.7 Å². The molecule has 0 spiro atoms. The molecule has 0 unspecified atom stereocenters. The summed E-state index contributed by atoms with van der Waals surface area (Å²) in [5.41, 5.74) is -0.00515. The van der Waals surface area contributed by atoms with Gasteiger partial charge in [0.25, 0.3) is 0 Å². The summed E-state index contributed by atoms with van der Waals surface area (Å²) in [6, 6.07) is 15.5. The van der Waals surface area contributed by atoms with Crippen molar-refractivity contribution in [2.45, 2.75) is 97.2 Å². The summed E-state index contributed by atoms with van der Waals surface area (Å²) < 4.78 is 15.9. The maximum absolute atomic E-state index is 13.4. The van der Waals surface area contributed by atoms with Crippen LogP contribution >= 0.6 is 0 Å². The van der Waals surface area contributed by atoms with Crippen LogP contribution in [0.25, 0.3) is 0 Å². The zero-order valence-electron chi connectivity index (χ0n) is 25.7. The first-order chi connectivity index (χ1) is 20.1. The Kier molecular flexibility index (Phi) is 13.2. The highest BCUT2D eigenvalue weighted by molar-refractivity contribution is 5.93. The summed E-state index contributed by atoms with van der Waals surface area (Å²) in [6.07, 6.45) is -1.71. The van der Waals surface area contributed by atoms with E-state index in [2.05, 4.69) is 16.0 Å². The van der Waals surface area contributed by atoms with Crippen LogP contribution < -0.4 is 16.0 Å². The lowest BCUT2D eigenvalue weighted by Gasteiger charge is -2.25. The molecule has 0 aliphatic carbocycles. The van der Waals surface area contributed by atoms with Gasteiger partial charge < -0.3 is 30.2 Å². The smallest absolute Gasteiger partial charge is 0.408 e. The summed E-state index contributed by atoms with van der Waals surface area (Å²) in [7, 11) is 0. The molecule has 2 aromatic carbocycles. The van der Waals surface area contributed by atoms with Crippen LogP contribution in [0.5, 0.6) is 0 Å². The molecule has 0 bridgehead atoms. The average Bonchev–Trinajstić information content (AvgIpc) is 2.91. The van der Waals surface area contributed by atoms with Gasteiger partial charge in [0.2, 0.25) is 11.8 Å². The maximum atomic E-state index is 13.4. The number of nitrogens with one attached hydrogen (secondary N) is 3. The third kappa shape index (κ3) is 14.9. The third-order valence-corrected chi connectivity index (χ3v) is 5.61. The SMILES string of the molecule is CC(C)(C)OC(=O)CC[C@H](NC(=O)[C@H](CC(=O)OC(C)(C)C)NC(=O)OCc1ccccc1)C(=O)NCc1ccccc1. The number of hydrogen-bond donors (Lipinski definition) is 3. The Hall–Kier alpha value is -4.41. The lowest BCUT2D eigenvalue weighted by atomic mass is 10.1. The molecule has 0 fully saturated rings. The first kappa shape index (κ1) is 34.8. The van der Waals surface area contributed by atoms with E-state index in [9.17, 15) is 24.0 Å². The third-order valence-electron chi connectivity index (χ3n) is 5.61. The normalized spacial score (nSPS) is 12.7. The Morgan fingerprint density at radius 1 is 0.674 bits per heavy atom. The Morgan fingerprint density at radius 2 is 1.21 bits per heavy atom. The van der Waals surface area contributed by atoms with Gasteiger partial charge in [-0.25, -0.2) is 4.79 Å². The van der Waals surface area contributed by atoms with E-state index in [0.29, 0.717) is 0 Å². The van der Waals surface area contributed by atoms with E-state index in [1.165, 1.54) is 0 Å². The highest BCUT2D eigenvalue weighted by Crippen LogP contribution is 2.13. The fourth-order valence-electron chi connectivity index (χ4n) is 3.77. The molecule has 3 N–H and O–H groups in total. The molecular formula is C32H43N3O8. The lowest BCUT2D eigenvalue weighted by molar-refractivity contribution is -0.156. The number of benzene rings is 2. The van der Waals surface area contributed by atoms with Crippen LogP contribution in [0, 0.1) is 0 Å². The molecule has 11 heteroatoms. The Balaban J connectivity index is 2.18. The monoisotopic (exact) mass is 597 g/mol. The number of alkyl carbamates (subject to hydrolysis) is 1. The summed E-state index contributed by atoms with van der Waals surface area (Å²) >= 11 is 0. The summed E-state index contributed by atoms with van der Waals surface area (Å²) in [6.45, 7) is 10.3. The van der Waals surface area contributed by atoms with E-state index >= 15 is 0 Å². The molecule has 3 amide bonds. The van der Waals surface area contributed by atoms with Gasteiger partial charge in [-0.1, -0.05) is 60.7 Å². The zero-order chi connectivity index (χ0) is 32.0. The van der Waals surface area contributed by atoms with Crippen molar-refractivity contribution in [2.75, 3.05) is 0 Å². The largest absolute Gasteiger partial charge is 0.460 e. The Morgan fingerprint density at radius 3 is 1.77 bits per heavy atom. The fraction of sp³-hybridized carbons (Fsp3) is 0.469. The van der Waals surface area contributed by atoms with Crippen LogP contribution in [0.2, 0.25) is 0 Å². The van der Waals surface area contributed by atoms with E-state index in [0.717, 1.165) is 11.1 Å². The summed E-state index contributed by atoms with van der Waals surface area (Å²) in [5.74, 6) is -2.67. The van der Waals surface area contributed by atoms with Crippen LogP contribution in [0.4, 0.5) is 4.79 Å². The van der Waals surface area contributed by atoms with Gasteiger partial charge in [0, 0.05) is 13.0 Å². The number of amides is 3. The van der Waals surface area contributed by atoms with E-state index < -0.39 is 59.6 Å². The van der Waals surface area contributed by atoms with Crippen LogP contribution in [0.1, 0.15) is 71.9 Å². The molecule has 0 heterocycles. The number of carbonyl (C=O) groups excluding carboxylic acids is 5. The first-order valence-electron chi connectivity index (χ1n) is 14.1. The van der Waals surface area contributed by atoms with E-state index in [1.807, 2.05) is 36.4 Å². The number of esters is 2. The van der Waals surface area contributed by atoms with Crippen LogP contribution in [-0.4, -0.2) is 53.1 Å². The highest BCUT2D eigenvalue weighted by Gasteiger charge is 2.31. The van der Waals surface area contributed by atoms with Crippen molar-refractivity contribution in [1.29, 1.82) is 0 Å². The van der Waals surface area contributed by atoms with Crippen molar-refractivity contribution < 1.29 is 38.2 Å². The van der Waals surface area contributed by atoms with Gasteiger partial charge in [-0.05, 0) is 59.1 Å². The molecule has 11 nitrogen and oxygen atoms in total. The van der Waals surface area contributed by atoms with Crippen molar-refractivity contribution in [3.05, 3.63) is 71.8 Å². The van der Waals surface area contributed by atoms with Crippen molar-refractivity contribution >= 4 is 29.8 Å². The number of ether oxygens (including phenoxy) is 3. The van der Waals surface area contributed by atoms with Crippen molar-refractivity contribution in [2.24, 2.45) is 0 Å². The van der Waals surface area contributed by atoms with Crippen molar-refractivity contribution in [1.82, 2.24) is 16.0 Å². The Bertz CT molecular complexity index is 1220. The first-order valence-corrected chi connectivity index (χ1v) is 14.1. The van der Waals surface area contributed by atoms with E-state index in [1.54, 1.807) is 65.8 Å². The lowest BCUT2D eigenvalue weighted by Crippen LogP contribution is -2.54. The van der Waals surface area contributed by atoms with Gasteiger partial charge in [-0.3, -0.25) is 19.2 Å². The molecule has 2 aromatic rings. The Labute approximate surface area is 253 Å². The molecule has 0 saturated carbocycles. The second kappa shape index (κ2) is 16.3. The summed E-state index contributed by atoms with van der Waals surface area (Å²) in [5, 5.41) is 7.74. The topological polar surface area (TPSA) is 149 Å². The van der Waals surface area contributed by atoms with Gasteiger partial charge in [-0.2, -0.15) is 0 Å². The molecule has 2 atom stereocenters. The molecule has 0 saturated heterocycles. The molecular weight excluding hydrogens is 554 g/mol. The minimum Gasteiger partial charge on any atom is -0.460 e. The zero-order valence-corrected chi connectivity index (χ0v) is 25.7. The van der Waals surface area contributed by atoms with Crippen LogP contribution in [-0.2, 0) is 46.5 Å². The van der Waals surface area contributed by atoms with E-state index in [4.69, 9.17) is 14.2 Å². The number of hydrogen-bond acceptors (Lipinski definition) is 8. The minimum absolute atomic E-state index is 0.0617. The number of rotatable bonds is 13. The second-order valence-electron chi connectivity index (χ2n) is 11.9. The van der Waals surface area contributed by atoms with Crippen molar-refractivity contribution in [3.63, 3.8) is 0 Å². The quantitative estimate of drug-likeness (QED) is 0.232. The predicted octanol–water partition coefficient (Wildman–Crippen LogP) is 3.94. The predicted molar refractivity (Wildman–Crippen MR) is 159 cm³/mol. The highest BCUT2D eigenvalue weighted by atomic mass is 16.6. The molecule has 234 valence electrons. The maximum Gasteiger partial charge on any atom is 0.408 e. The molecule has 0 aliphatic heterocycles. The van der Waals surface area contributed by atoms with E-state index in [-0.39, 0.29) is 26.0 Å². The summed E-state index contributed by atoms with van der Waals surface area (Å²) in [4.78, 5) is 64.3.